The zero-order valence-electron chi connectivity index (χ0n) is 13.9. The lowest BCUT2D eigenvalue weighted by atomic mass is 9.84. The number of nitrogens with one attached hydrogen (secondary N) is 1. The van der Waals surface area contributed by atoms with Crippen LogP contribution in [0.25, 0.3) is 0 Å². The summed E-state index contributed by atoms with van der Waals surface area (Å²) in [6, 6.07) is 10.7. The molecule has 0 bridgehead atoms. The lowest BCUT2D eigenvalue weighted by Gasteiger charge is -2.27. The molecule has 1 N–H and O–H groups in total. The third-order valence-corrected chi connectivity index (χ3v) is 5.35. The van der Waals surface area contributed by atoms with Gasteiger partial charge >= 0.3 is 0 Å². The minimum absolute atomic E-state index is 0.258. The lowest BCUT2D eigenvalue weighted by Crippen LogP contribution is -2.41. The van der Waals surface area contributed by atoms with E-state index in [1.165, 1.54) is 12.0 Å². The van der Waals surface area contributed by atoms with Gasteiger partial charge in [-0.25, -0.2) is 0 Å². The molecule has 1 aliphatic heterocycles. The molecule has 5 heteroatoms. The quantitative estimate of drug-likeness (QED) is 0.940. The largest absolute Gasteiger partial charge is 0.353 e. The molecule has 1 fully saturated rings. The summed E-state index contributed by atoms with van der Waals surface area (Å²) in [7, 11) is 0. The Bertz CT molecular complexity index is 705. The number of aryl methyl sites for hydroxylation is 1. The molecule has 24 heavy (non-hydrogen) atoms. The lowest BCUT2D eigenvalue weighted by molar-refractivity contribution is -0.128. The van der Waals surface area contributed by atoms with Gasteiger partial charge in [0, 0.05) is 31.3 Å². The first-order chi connectivity index (χ1) is 11.8. The Kier molecular flexibility index (Phi) is 4.32. The molecule has 5 nitrogen and oxygen atoms in total. The first-order valence-corrected chi connectivity index (χ1v) is 9.05. The van der Waals surface area contributed by atoms with E-state index in [1.807, 2.05) is 6.07 Å². The third-order valence-electron chi connectivity index (χ3n) is 5.35. The number of carbonyl (C=O) groups excluding carboxylic acids is 1. The summed E-state index contributed by atoms with van der Waals surface area (Å²) < 4.78 is 2.25. The van der Waals surface area contributed by atoms with Gasteiger partial charge in [-0.2, -0.15) is 0 Å². The Morgan fingerprint density at radius 3 is 2.71 bits per heavy atom. The second-order valence-corrected chi connectivity index (χ2v) is 7.01. The van der Waals surface area contributed by atoms with Crippen molar-refractivity contribution in [1.82, 2.24) is 20.1 Å². The molecular weight excluding hydrogens is 300 g/mol. The molecule has 1 amide bonds. The van der Waals surface area contributed by atoms with Crippen LogP contribution in [0.2, 0.25) is 0 Å². The maximum absolute atomic E-state index is 12.2. The normalized spacial score (nSPS) is 20.8. The van der Waals surface area contributed by atoms with Crippen molar-refractivity contribution < 1.29 is 4.79 Å². The van der Waals surface area contributed by atoms with Gasteiger partial charge in [-0.1, -0.05) is 36.8 Å². The number of hydrogen-bond donors (Lipinski definition) is 1. The average molecular weight is 324 g/mol. The van der Waals surface area contributed by atoms with E-state index in [-0.39, 0.29) is 17.9 Å². The summed E-state index contributed by atoms with van der Waals surface area (Å²) in [5.74, 6) is 2.61. The molecule has 1 atom stereocenters. The summed E-state index contributed by atoms with van der Waals surface area (Å²) in [5, 5.41) is 12.0. The van der Waals surface area contributed by atoms with Crippen LogP contribution in [0.15, 0.2) is 30.3 Å². The average Bonchev–Trinajstić information content (AvgIpc) is 2.79. The molecule has 0 spiro atoms. The van der Waals surface area contributed by atoms with Crippen molar-refractivity contribution in [2.24, 2.45) is 5.92 Å². The minimum atomic E-state index is 0.258. The Morgan fingerprint density at radius 1 is 1.12 bits per heavy atom. The van der Waals surface area contributed by atoms with E-state index in [4.69, 9.17) is 0 Å². The highest BCUT2D eigenvalue weighted by atomic mass is 16.2. The van der Waals surface area contributed by atoms with Gasteiger partial charge in [-0.05, 0) is 31.2 Å². The van der Waals surface area contributed by atoms with Crippen LogP contribution in [0.1, 0.15) is 49.3 Å². The topological polar surface area (TPSA) is 59.8 Å². The number of fused-ring (bicyclic) bond motifs is 1. The van der Waals surface area contributed by atoms with Crippen molar-refractivity contribution in [3.05, 3.63) is 47.5 Å². The van der Waals surface area contributed by atoms with Gasteiger partial charge < -0.3 is 9.88 Å². The van der Waals surface area contributed by atoms with E-state index < -0.39 is 0 Å². The molecular formula is C19H24N4O. The van der Waals surface area contributed by atoms with Crippen LogP contribution < -0.4 is 5.32 Å². The summed E-state index contributed by atoms with van der Waals surface area (Å²) in [4.78, 5) is 12.2. The summed E-state index contributed by atoms with van der Waals surface area (Å²) in [6.45, 7) is 0.889. The van der Waals surface area contributed by atoms with Crippen molar-refractivity contribution in [3.63, 3.8) is 0 Å². The number of carbonyl (C=O) groups is 1. The predicted octanol–water partition coefficient (Wildman–Crippen LogP) is 2.49. The highest BCUT2D eigenvalue weighted by Gasteiger charge is 2.28. The van der Waals surface area contributed by atoms with Crippen LogP contribution >= 0.6 is 0 Å². The van der Waals surface area contributed by atoms with E-state index in [0.29, 0.717) is 0 Å². The second-order valence-electron chi connectivity index (χ2n) is 7.01. The van der Waals surface area contributed by atoms with Crippen LogP contribution in [0.5, 0.6) is 0 Å². The Labute approximate surface area is 142 Å². The molecule has 2 aromatic rings. The molecule has 1 unspecified atom stereocenters. The van der Waals surface area contributed by atoms with Gasteiger partial charge in [0.15, 0.2) is 0 Å². The molecule has 1 saturated carbocycles. The van der Waals surface area contributed by atoms with E-state index in [1.54, 1.807) is 0 Å². The highest BCUT2D eigenvalue weighted by Crippen LogP contribution is 2.27. The van der Waals surface area contributed by atoms with Gasteiger partial charge in [0.1, 0.15) is 11.6 Å². The molecule has 1 aliphatic carbocycles. The Morgan fingerprint density at radius 2 is 1.96 bits per heavy atom. The molecule has 2 aliphatic rings. The van der Waals surface area contributed by atoms with Gasteiger partial charge in [0.05, 0.1) is 0 Å². The monoisotopic (exact) mass is 324 g/mol. The van der Waals surface area contributed by atoms with E-state index in [0.717, 1.165) is 56.7 Å². The highest BCUT2D eigenvalue weighted by molar-refractivity contribution is 5.79. The number of aromatic nitrogens is 3. The maximum atomic E-state index is 12.2. The molecule has 2 heterocycles. The number of hydrogen-bond acceptors (Lipinski definition) is 3. The second kappa shape index (κ2) is 6.75. The van der Waals surface area contributed by atoms with Crippen molar-refractivity contribution >= 4 is 5.91 Å². The first-order valence-electron chi connectivity index (χ1n) is 9.05. The molecule has 0 saturated heterocycles. The Hall–Kier alpha value is -2.17. The van der Waals surface area contributed by atoms with Crippen molar-refractivity contribution in [2.75, 3.05) is 0 Å². The molecule has 126 valence electrons. The third kappa shape index (κ3) is 3.21. The van der Waals surface area contributed by atoms with Crippen LogP contribution in [-0.2, 0) is 24.2 Å². The SMILES string of the molecule is O=C(NC1CCc2nnc(Cc3ccccc3)n2CC1)C1CCC1. The van der Waals surface area contributed by atoms with Gasteiger partial charge in [-0.3, -0.25) is 4.79 Å². The summed E-state index contributed by atoms with van der Waals surface area (Å²) >= 11 is 0. The zero-order valence-corrected chi connectivity index (χ0v) is 13.9. The van der Waals surface area contributed by atoms with Gasteiger partial charge in [-0.15, -0.1) is 10.2 Å². The van der Waals surface area contributed by atoms with Crippen LogP contribution in [0.4, 0.5) is 0 Å². The number of nitrogens with zero attached hydrogens (tertiary/aromatic N) is 3. The zero-order chi connectivity index (χ0) is 16.4. The van der Waals surface area contributed by atoms with Crippen molar-refractivity contribution in [3.8, 4) is 0 Å². The molecule has 1 aromatic heterocycles. The van der Waals surface area contributed by atoms with E-state index in [9.17, 15) is 4.79 Å². The smallest absolute Gasteiger partial charge is 0.223 e. The fourth-order valence-corrected chi connectivity index (χ4v) is 3.59. The van der Waals surface area contributed by atoms with Crippen molar-refractivity contribution in [1.29, 1.82) is 0 Å². The molecule has 1 aromatic carbocycles. The van der Waals surface area contributed by atoms with E-state index in [2.05, 4.69) is 44.3 Å². The first kappa shape index (κ1) is 15.4. The molecule has 0 radical (unpaired) electrons. The van der Waals surface area contributed by atoms with Crippen LogP contribution in [0.3, 0.4) is 0 Å². The van der Waals surface area contributed by atoms with Gasteiger partial charge in [0.25, 0.3) is 0 Å². The summed E-state index contributed by atoms with van der Waals surface area (Å²) in [6.07, 6.45) is 6.95. The van der Waals surface area contributed by atoms with Crippen LogP contribution in [0, 0.1) is 5.92 Å². The number of rotatable bonds is 4. The predicted molar refractivity (Wildman–Crippen MR) is 91.5 cm³/mol. The number of amides is 1. The van der Waals surface area contributed by atoms with Crippen molar-refractivity contribution in [2.45, 2.75) is 57.5 Å². The van der Waals surface area contributed by atoms with Gasteiger partial charge in [0.2, 0.25) is 5.91 Å². The van der Waals surface area contributed by atoms with E-state index >= 15 is 0 Å². The molecule has 4 rings (SSSR count). The minimum Gasteiger partial charge on any atom is -0.353 e. The fraction of sp³-hybridized carbons (Fsp3) is 0.526. The maximum Gasteiger partial charge on any atom is 0.223 e. The standard InChI is InChI=1S/C19H24N4O/c24-19(15-7-4-8-15)20-16-9-10-17-21-22-18(23(17)12-11-16)13-14-5-2-1-3-6-14/h1-3,5-6,15-16H,4,7-13H2,(H,20,24). The number of benzene rings is 1. The summed E-state index contributed by atoms with van der Waals surface area (Å²) in [5.41, 5.74) is 1.26. The fourth-order valence-electron chi connectivity index (χ4n) is 3.59. The van der Waals surface area contributed by atoms with Crippen LogP contribution in [-0.4, -0.2) is 26.7 Å². The Balaban J connectivity index is 1.41.